The molecule has 0 unspecified atom stereocenters. The molecule has 3 rings (SSSR count). The summed E-state index contributed by atoms with van der Waals surface area (Å²) < 4.78 is 5.36. The number of pyridine rings is 1. The molecular weight excluding hydrogens is 268 g/mol. The van der Waals surface area contributed by atoms with Gasteiger partial charge in [-0.15, -0.1) is 0 Å². The van der Waals surface area contributed by atoms with Crippen LogP contribution in [0, 0.1) is 5.92 Å². The fourth-order valence-electron chi connectivity index (χ4n) is 2.94. The number of rotatable bonds is 3. The van der Waals surface area contributed by atoms with Crippen molar-refractivity contribution in [3.05, 3.63) is 30.5 Å². The molecule has 0 aliphatic carbocycles. The Hall–Kier alpha value is -2.30. The van der Waals surface area contributed by atoms with E-state index in [9.17, 15) is 4.79 Å². The zero-order valence-corrected chi connectivity index (χ0v) is 12.0. The van der Waals surface area contributed by atoms with E-state index in [0.717, 1.165) is 35.4 Å². The minimum absolute atomic E-state index is 0.219. The second-order valence-electron chi connectivity index (χ2n) is 5.29. The van der Waals surface area contributed by atoms with Crippen molar-refractivity contribution in [2.45, 2.75) is 12.8 Å². The Morgan fingerprint density at radius 2 is 2.10 bits per heavy atom. The van der Waals surface area contributed by atoms with Crippen molar-refractivity contribution in [2.24, 2.45) is 5.92 Å². The van der Waals surface area contributed by atoms with Gasteiger partial charge in [0.05, 0.1) is 13.0 Å². The van der Waals surface area contributed by atoms with Gasteiger partial charge in [0, 0.05) is 30.4 Å². The lowest BCUT2D eigenvalue weighted by molar-refractivity contribution is -0.142. The van der Waals surface area contributed by atoms with Crippen molar-refractivity contribution in [1.82, 2.24) is 4.98 Å². The number of methoxy groups -OCH3 is 1. The van der Waals surface area contributed by atoms with Crippen LogP contribution in [0.25, 0.3) is 10.9 Å². The minimum atomic E-state index is -0.684. The maximum absolute atomic E-state index is 11.0. The van der Waals surface area contributed by atoms with E-state index in [2.05, 4.69) is 9.88 Å². The molecule has 2 heterocycles. The van der Waals surface area contributed by atoms with Gasteiger partial charge in [0.15, 0.2) is 0 Å². The number of anilines is 1. The van der Waals surface area contributed by atoms with E-state index >= 15 is 0 Å². The number of hydrogen-bond donors (Lipinski definition) is 1. The van der Waals surface area contributed by atoms with E-state index < -0.39 is 5.97 Å². The number of carboxylic acids is 1. The molecule has 0 radical (unpaired) electrons. The highest BCUT2D eigenvalue weighted by Gasteiger charge is 2.25. The van der Waals surface area contributed by atoms with Gasteiger partial charge in [-0.25, -0.2) is 0 Å². The quantitative estimate of drug-likeness (QED) is 0.939. The summed E-state index contributed by atoms with van der Waals surface area (Å²) in [6, 6.07) is 7.87. The highest BCUT2D eigenvalue weighted by atomic mass is 16.5. The lowest BCUT2D eigenvalue weighted by Crippen LogP contribution is -2.36. The molecule has 5 heteroatoms. The van der Waals surface area contributed by atoms with Crippen LogP contribution in [-0.2, 0) is 4.79 Å². The summed E-state index contributed by atoms with van der Waals surface area (Å²) in [4.78, 5) is 17.7. The van der Waals surface area contributed by atoms with E-state index in [4.69, 9.17) is 9.84 Å². The summed E-state index contributed by atoms with van der Waals surface area (Å²) in [6.45, 7) is 1.51. The van der Waals surface area contributed by atoms with Gasteiger partial charge in [0.1, 0.15) is 11.3 Å². The van der Waals surface area contributed by atoms with Gasteiger partial charge in [0.25, 0.3) is 0 Å². The minimum Gasteiger partial charge on any atom is -0.494 e. The predicted molar refractivity (Wildman–Crippen MR) is 80.9 cm³/mol. The average molecular weight is 286 g/mol. The Balaban J connectivity index is 1.93. The van der Waals surface area contributed by atoms with Crippen LogP contribution in [0.3, 0.4) is 0 Å². The lowest BCUT2D eigenvalue weighted by Gasteiger charge is -2.32. The first-order valence-electron chi connectivity index (χ1n) is 7.10. The molecule has 1 fully saturated rings. The molecule has 0 saturated carbocycles. The molecule has 110 valence electrons. The first kappa shape index (κ1) is 13.7. The van der Waals surface area contributed by atoms with Crippen LogP contribution in [0.2, 0.25) is 0 Å². The number of hydrogen-bond acceptors (Lipinski definition) is 4. The van der Waals surface area contributed by atoms with Crippen molar-refractivity contribution < 1.29 is 14.6 Å². The number of benzene rings is 1. The van der Waals surface area contributed by atoms with Crippen LogP contribution >= 0.6 is 0 Å². The predicted octanol–water partition coefficient (Wildman–Crippen LogP) is 2.54. The van der Waals surface area contributed by atoms with Gasteiger partial charge in [-0.1, -0.05) is 12.1 Å². The molecule has 0 bridgehead atoms. The Labute approximate surface area is 123 Å². The molecule has 2 aromatic rings. The molecule has 5 nitrogen and oxygen atoms in total. The Kier molecular flexibility index (Phi) is 3.64. The number of carboxylic acid groups (broad SMARTS) is 1. The molecule has 1 aromatic carbocycles. The standard InChI is InChI=1S/C16H18N2O3/c1-21-14-4-2-3-12-13(5-8-17-15(12)14)18-9-6-11(7-10-18)16(19)20/h2-5,8,11H,6-7,9-10H2,1H3,(H,19,20). The summed E-state index contributed by atoms with van der Waals surface area (Å²) in [5.74, 6) is -0.144. The molecule has 0 atom stereocenters. The SMILES string of the molecule is COc1cccc2c(N3CCC(C(=O)O)CC3)ccnc12. The van der Waals surface area contributed by atoms with Crippen LogP contribution in [0.1, 0.15) is 12.8 Å². The number of nitrogens with zero attached hydrogens (tertiary/aromatic N) is 2. The first-order chi connectivity index (χ1) is 10.2. The molecule has 1 aliphatic rings. The van der Waals surface area contributed by atoms with E-state index in [1.54, 1.807) is 13.3 Å². The largest absolute Gasteiger partial charge is 0.494 e. The Morgan fingerprint density at radius 1 is 1.33 bits per heavy atom. The molecule has 0 spiro atoms. The summed E-state index contributed by atoms with van der Waals surface area (Å²) in [6.07, 6.45) is 3.15. The van der Waals surface area contributed by atoms with Crippen LogP contribution in [0.15, 0.2) is 30.5 Å². The van der Waals surface area contributed by atoms with Gasteiger partial charge < -0.3 is 14.7 Å². The van der Waals surface area contributed by atoms with Gasteiger partial charge in [-0.05, 0) is 25.0 Å². The number of piperidine rings is 1. The van der Waals surface area contributed by atoms with Crippen molar-refractivity contribution in [2.75, 3.05) is 25.1 Å². The third-order valence-corrected chi connectivity index (χ3v) is 4.12. The van der Waals surface area contributed by atoms with E-state index in [-0.39, 0.29) is 5.92 Å². The number of aromatic nitrogens is 1. The zero-order valence-electron chi connectivity index (χ0n) is 12.0. The normalized spacial score (nSPS) is 16.1. The van der Waals surface area contributed by atoms with Crippen molar-refractivity contribution in [3.63, 3.8) is 0 Å². The van der Waals surface area contributed by atoms with Crippen LogP contribution in [-0.4, -0.2) is 36.3 Å². The van der Waals surface area contributed by atoms with E-state index in [1.165, 1.54) is 0 Å². The average Bonchev–Trinajstić information content (AvgIpc) is 2.53. The topological polar surface area (TPSA) is 62.7 Å². The maximum Gasteiger partial charge on any atom is 0.306 e. The van der Waals surface area contributed by atoms with Gasteiger partial charge in [0.2, 0.25) is 0 Å². The lowest BCUT2D eigenvalue weighted by atomic mass is 9.96. The third-order valence-electron chi connectivity index (χ3n) is 4.12. The number of aliphatic carboxylic acids is 1. The Bertz CT molecular complexity index is 664. The molecule has 1 saturated heterocycles. The number of ether oxygens (including phenoxy) is 1. The number of carbonyl (C=O) groups is 1. The van der Waals surface area contributed by atoms with Gasteiger partial charge in [-0.2, -0.15) is 0 Å². The summed E-state index contributed by atoms with van der Waals surface area (Å²) in [5, 5.41) is 10.1. The van der Waals surface area contributed by atoms with E-state index in [1.807, 2.05) is 24.3 Å². The van der Waals surface area contributed by atoms with Crippen LogP contribution in [0.5, 0.6) is 5.75 Å². The van der Waals surface area contributed by atoms with Gasteiger partial charge in [-0.3, -0.25) is 9.78 Å². The fraction of sp³-hybridized carbons (Fsp3) is 0.375. The third kappa shape index (κ3) is 2.51. The fourth-order valence-corrected chi connectivity index (χ4v) is 2.94. The second kappa shape index (κ2) is 5.60. The summed E-state index contributed by atoms with van der Waals surface area (Å²) in [7, 11) is 1.64. The number of fused-ring (bicyclic) bond motifs is 1. The molecule has 21 heavy (non-hydrogen) atoms. The molecule has 1 aliphatic heterocycles. The monoisotopic (exact) mass is 286 g/mol. The van der Waals surface area contributed by atoms with Crippen LogP contribution in [0.4, 0.5) is 5.69 Å². The highest BCUT2D eigenvalue weighted by Crippen LogP contribution is 2.33. The first-order valence-corrected chi connectivity index (χ1v) is 7.10. The van der Waals surface area contributed by atoms with Gasteiger partial charge >= 0.3 is 5.97 Å². The molecule has 1 N–H and O–H groups in total. The molecular formula is C16H18N2O3. The molecule has 1 aromatic heterocycles. The summed E-state index contributed by atoms with van der Waals surface area (Å²) >= 11 is 0. The Morgan fingerprint density at radius 3 is 2.76 bits per heavy atom. The maximum atomic E-state index is 11.0. The van der Waals surface area contributed by atoms with Crippen molar-refractivity contribution in [1.29, 1.82) is 0 Å². The van der Waals surface area contributed by atoms with Crippen molar-refractivity contribution >= 4 is 22.6 Å². The zero-order chi connectivity index (χ0) is 14.8. The molecule has 0 amide bonds. The highest BCUT2D eigenvalue weighted by molar-refractivity contribution is 5.95. The van der Waals surface area contributed by atoms with Crippen molar-refractivity contribution in [3.8, 4) is 5.75 Å². The van der Waals surface area contributed by atoms with E-state index in [0.29, 0.717) is 12.8 Å². The second-order valence-corrected chi connectivity index (χ2v) is 5.29. The number of para-hydroxylation sites is 1. The summed E-state index contributed by atoms with van der Waals surface area (Å²) in [5.41, 5.74) is 1.94. The smallest absolute Gasteiger partial charge is 0.306 e. The van der Waals surface area contributed by atoms with Crippen LogP contribution < -0.4 is 9.64 Å².